The minimum atomic E-state index is -2.14. The lowest BCUT2D eigenvalue weighted by Gasteiger charge is -2.39. The number of hydrogen-bond donors (Lipinski definition) is 0. The average molecular weight is 435 g/mol. The summed E-state index contributed by atoms with van der Waals surface area (Å²) in [5, 5.41) is 0.0120. The molecule has 9 heteroatoms. The number of aliphatic imine (C=N–C) groups is 1. The van der Waals surface area contributed by atoms with E-state index in [0.717, 1.165) is 12.1 Å². The molecule has 30 heavy (non-hydrogen) atoms. The van der Waals surface area contributed by atoms with E-state index in [9.17, 15) is 4.79 Å². The zero-order valence-electron chi connectivity index (χ0n) is 19.3. The Balaban J connectivity index is 1.96. The van der Waals surface area contributed by atoms with Crippen molar-refractivity contribution in [3.05, 3.63) is 24.4 Å². The van der Waals surface area contributed by atoms with E-state index >= 15 is 0 Å². The van der Waals surface area contributed by atoms with Crippen LogP contribution < -0.4 is 0 Å². The molecular formula is C21H34N4O4Si. The van der Waals surface area contributed by atoms with Crippen molar-refractivity contribution >= 4 is 26.6 Å². The molecule has 0 saturated heterocycles. The summed E-state index contributed by atoms with van der Waals surface area (Å²) in [6.45, 7) is 16.8. The molecule has 0 unspecified atom stereocenters. The molecule has 0 aliphatic carbocycles. The Morgan fingerprint density at radius 1 is 1.23 bits per heavy atom. The molecule has 1 aromatic rings. The topological polar surface area (TPSA) is 78.2 Å². The van der Waals surface area contributed by atoms with Crippen LogP contribution >= 0.6 is 0 Å². The van der Waals surface area contributed by atoms with E-state index in [0.29, 0.717) is 12.4 Å². The van der Waals surface area contributed by atoms with Crippen LogP contribution in [-0.2, 0) is 13.9 Å². The van der Waals surface area contributed by atoms with Gasteiger partial charge in [-0.3, -0.25) is 9.47 Å². The summed E-state index contributed by atoms with van der Waals surface area (Å²) in [7, 11) is -2.14. The van der Waals surface area contributed by atoms with E-state index in [1.807, 2.05) is 31.4 Å². The van der Waals surface area contributed by atoms with Crippen molar-refractivity contribution in [2.24, 2.45) is 4.99 Å². The van der Waals surface area contributed by atoms with Gasteiger partial charge in [-0.15, -0.1) is 0 Å². The molecule has 0 N–H and O–H groups in total. The molecule has 0 bridgehead atoms. The maximum Gasteiger partial charge on any atom is 0.415 e. The van der Waals surface area contributed by atoms with Gasteiger partial charge in [-0.2, -0.15) is 0 Å². The van der Waals surface area contributed by atoms with Crippen LogP contribution in [0.2, 0.25) is 18.1 Å². The first-order valence-corrected chi connectivity index (χ1v) is 13.3. The van der Waals surface area contributed by atoms with Crippen molar-refractivity contribution in [2.75, 3.05) is 6.54 Å². The zero-order valence-corrected chi connectivity index (χ0v) is 20.3. The second kappa shape index (κ2) is 7.85. The number of amides is 1. The summed E-state index contributed by atoms with van der Waals surface area (Å²) in [5.41, 5.74) is 0.120. The summed E-state index contributed by atoms with van der Waals surface area (Å²) >= 11 is 0. The molecule has 3 rings (SSSR count). The molecule has 2 atom stereocenters. The maximum atomic E-state index is 12.8. The van der Waals surface area contributed by atoms with Crippen molar-refractivity contribution in [2.45, 2.75) is 84.0 Å². The lowest BCUT2D eigenvalue weighted by molar-refractivity contribution is 0.0313. The second-order valence-electron chi connectivity index (χ2n) is 10.3. The normalized spacial score (nSPS) is 21.9. The van der Waals surface area contributed by atoms with Gasteiger partial charge in [0.15, 0.2) is 20.4 Å². The Morgan fingerprint density at radius 2 is 1.93 bits per heavy atom. The Bertz CT molecular complexity index is 840. The third kappa shape index (κ3) is 4.78. The Morgan fingerprint density at radius 3 is 2.50 bits per heavy atom. The van der Waals surface area contributed by atoms with Crippen molar-refractivity contribution in [1.82, 2.24) is 14.5 Å². The summed E-state index contributed by atoms with van der Waals surface area (Å²) in [5.74, 6) is 0.651. The third-order valence-electron chi connectivity index (χ3n) is 5.63. The number of hydrogen-bond acceptors (Lipinski definition) is 6. The lowest BCUT2D eigenvalue weighted by Crippen LogP contribution is -2.45. The van der Waals surface area contributed by atoms with Crippen LogP contribution in [0.3, 0.4) is 0 Å². The average Bonchev–Trinajstić information content (AvgIpc) is 3.20. The third-order valence-corrected chi connectivity index (χ3v) is 10.1. The molecule has 166 valence electrons. The Hall–Kier alpha value is -2.13. The van der Waals surface area contributed by atoms with Gasteiger partial charge in [-0.05, 0) is 45.0 Å². The Labute approximate surface area is 180 Å². The summed E-state index contributed by atoms with van der Waals surface area (Å²) < 4.78 is 19.8. The van der Waals surface area contributed by atoms with Crippen LogP contribution in [0.5, 0.6) is 0 Å². The minimum Gasteiger partial charge on any atom is -0.478 e. The number of rotatable bonds is 3. The van der Waals surface area contributed by atoms with Crippen LogP contribution in [-0.4, -0.2) is 47.3 Å². The largest absolute Gasteiger partial charge is 0.478 e. The van der Waals surface area contributed by atoms with Crippen LogP contribution in [0, 0.1) is 0 Å². The summed E-state index contributed by atoms with van der Waals surface area (Å²) in [6, 6.07) is 0. The summed E-state index contributed by atoms with van der Waals surface area (Å²) in [6.07, 6.45) is 6.59. The van der Waals surface area contributed by atoms with Gasteiger partial charge >= 0.3 is 6.09 Å². The van der Waals surface area contributed by atoms with E-state index in [-0.39, 0.29) is 11.3 Å². The van der Waals surface area contributed by atoms with Crippen molar-refractivity contribution < 1.29 is 18.7 Å². The molecule has 0 radical (unpaired) electrons. The molecule has 0 aromatic carbocycles. The maximum absolute atomic E-state index is 12.8. The van der Waals surface area contributed by atoms with Gasteiger partial charge in [-0.1, -0.05) is 20.8 Å². The summed E-state index contributed by atoms with van der Waals surface area (Å²) in [4.78, 5) is 23.5. The van der Waals surface area contributed by atoms with Gasteiger partial charge < -0.3 is 13.9 Å². The molecule has 1 aromatic heterocycles. The first-order valence-electron chi connectivity index (χ1n) is 10.4. The number of imidazole rings is 1. The van der Waals surface area contributed by atoms with Gasteiger partial charge in [0.25, 0.3) is 0 Å². The number of carbonyl (C=O) groups excluding carboxylic acids is 1. The zero-order chi connectivity index (χ0) is 22.3. The van der Waals surface area contributed by atoms with E-state index in [2.05, 4.69) is 43.8 Å². The number of ether oxygens (including phenoxy) is 2. The smallest absolute Gasteiger partial charge is 0.415 e. The highest BCUT2D eigenvalue weighted by Gasteiger charge is 2.42. The molecule has 2 aliphatic heterocycles. The number of nitrogens with zero attached hydrogens (tertiary/aromatic N) is 4. The van der Waals surface area contributed by atoms with Crippen LogP contribution in [0.4, 0.5) is 10.6 Å². The molecule has 1 amide bonds. The monoisotopic (exact) mass is 434 g/mol. The fourth-order valence-corrected chi connectivity index (χ4v) is 4.25. The molecule has 0 fully saturated rings. The minimum absolute atomic E-state index is 0.0120. The predicted molar refractivity (Wildman–Crippen MR) is 118 cm³/mol. The van der Waals surface area contributed by atoms with E-state index in [1.165, 1.54) is 11.2 Å². The Kier molecular flexibility index (Phi) is 5.90. The van der Waals surface area contributed by atoms with Crippen LogP contribution in [0.1, 0.15) is 66.0 Å². The number of aromatic nitrogens is 2. The van der Waals surface area contributed by atoms with Gasteiger partial charge in [0.1, 0.15) is 23.7 Å². The van der Waals surface area contributed by atoms with Crippen LogP contribution in [0.25, 0.3) is 0 Å². The molecular weight excluding hydrogens is 400 g/mol. The van der Waals surface area contributed by atoms with Crippen molar-refractivity contribution in [1.29, 1.82) is 0 Å². The van der Waals surface area contributed by atoms with Gasteiger partial charge in [0.2, 0.25) is 0 Å². The van der Waals surface area contributed by atoms with Gasteiger partial charge in [0.05, 0.1) is 19.1 Å². The molecule has 8 nitrogen and oxygen atoms in total. The predicted octanol–water partition coefficient (Wildman–Crippen LogP) is 5.29. The van der Waals surface area contributed by atoms with Crippen molar-refractivity contribution in [3.63, 3.8) is 0 Å². The highest BCUT2D eigenvalue weighted by molar-refractivity contribution is 6.74. The SMILES string of the molecule is CC(C)(C)OC(=O)N1C=Nc2c(ncn2[C@H]2CC=CO2)[C@H](O[Si](C)(C)C(C)(C)C)C1. The van der Waals surface area contributed by atoms with Gasteiger partial charge in [0, 0.05) is 6.42 Å². The fourth-order valence-electron chi connectivity index (χ4n) is 3.00. The fraction of sp³-hybridized carbons (Fsp3) is 0.667. The highest BCUT2D eigenvalue weighted by Crippen LogP contribution is 2.42. The quantitative estimate of drug-likeness (QED) is 0.604. The first kappa shape index (κ1) is 22.5. The van der Waals surface area contributed by atoms with Gasteiger partial charge in [-0.25, -0.2) is 14.8 Å². The van der Waals surface area contributed by atoms with E-state index < -0.39 is 26.1 Å². The standard InChI is InChI=1S/C21H34N4O4Si/c1-20(2,3)28-19(26)24-12-15(29-30(7,8)21(4,5)6)17-18(23-13-24)25(14-22-17)16-10-9-11-27-16/h9,11,13-16H,10,12H2,1-8H3/t15-,16-/m1/s1. The van der Waals surface area contributed by atoms with Crippen LogP contribution in [0.15, 0.2) is 23.7 Å². The lowest BCUT2D eigenvalue weighted by atomic mass is 10.2. The second-order valence-corrected chi connectivity index (χ2v) is 15.1. The van der Waals surface area contributed by atoms with Crippen molar-refractivity contribution in [3.8, 4) is 0 Å². The highest BCUT2D eigenvalue weighted by atomic mass is 28.4. The molecule has 0 saturated carbocycles. The molecule has 3 heterocycles. The van der Waals surface area contributed by atoms with E-state index in [1.54, 1.807) is 12.6 Å². The molecule has 0 spiro atoms. The molecule has 2 aliphatic rings. The number of fused-ring (bicyclic) bond motifs is 1. The first-order chi connectivity index (χ1) is 13.8. The van der Waals surface area contributed by atoms with E-state index in [4.69, 9.17) is 13.9 Å². The number of carbonyl (C=O) groups is 1.